The number of aromatic nitrogens is 4. The van der Waals surface area contributed by atoms with Crippen LogP contribution in [0.1, 0.15) is 22.3 Å². The third kappa shape index (κ3) is 2.15. The molecule has 2 aliphatic rings. The Morgan fingerprint density at radius 1 is 0.657 bits per heavy atom. The number of rotatable bonds is 0. The average molecular weight is 447 g/mol. The molecule has 4 heteroatoms. The third-order valence-electron chi connectivity index (χ3n) is 7.97. The maximum Gasteiger partial charge on any atom is 0.178 e. The topological polar surface area (TPSA) is 43.1 Å². The lowest BCUT2D eigenvalue weighted by atomic mass is 9.95. The van der Waals surface area contributed by atoms with Crippen LogP contribution in [0.15, 0.2) is 85.3 Å². The van der Waals surface area contributed by atoms with E-state index in [1.165, 1.54) is 60.7 Å². The molecule has 4 nitrogen and oxygen atoms in total. The van der Waals surface area contributed by atoms with E-state index in [2.05, 4.69) is 75.0 Å². The maximum atomic E-state index is 4.98. The van der Waals surface area contributed by atoms with Crippen molar-refractivity contribution < 1.29 is 0 Å². The van der Waals surface area contributed by atoms with Crippen molar-refractivity contribution in [3.05, 3.63) is 108 Å². The lowest BCUT2D eigenvalue weighted by molar-refractivity contribution is 1.23. The van der Waals surface area contributed by atoms with E-state index in [1.807, 2.05) is 24.7 Å². The van der Waals surface area contributed by atoms with Crippen molar-refractivity contribution in [3.8, 4) is 22.3 Å². The highest BCUT2D eigenvalue weighted by Gasteiger charge is 2.29. The van der Waals surface area contributed by atoms with Crippen molar-refractivity contribution >= 4 is 38.5 Å². The standard InChI is InChI=1S/C31H18N4/c1-2-5-20-17(4-1)12-18-7-8-21-23-15-24-22-9-11-32-16-28(22)35-27-6-3-10-33-30(27)34-31(35)26(24)14-19(23)13-25(21)29(18)20/h1-11,14-16H,12-13H2. The van der Waals surface area contributed by atoms with Crippen molar-refractivity contribution in [2.45, 2.75) is 12.8 Å². The van der Waals surface area contributed by atoms with Crippen LogP contribution in [0.3, 0.4) is 0 Å². The van der Waals surface area contributed by atoms with E-state index in [4.69, 9.17) is 4.98 Å². The van der Waals surface area contributed by atoms with E-state index >= 15 is 0 Å². The number of fused-ring (bicyclic) bond motifs is 15. The second-order valence-electron chi connectivity index (χ2n) is 9.70. The summed E-state index contributed by atoms with van der Waals surface area (Å²) in [4.78, 5) is 14.0. The summed E-state index contributed by atoms with van der Waals surface area (Å²) < 4.78 is 2.22. The Morgan fingerprint density at radius 2 is 1.63 bits per heavy atom. The Morgan fingerprint density at radius 3 is 2.63 bits per heavy atom. The van der Waals surface area contributed by atoms with Gasteiger partial charge in [-0.1, -0.05) is 36.4 Å². The van der Waals surface area contributed by atoms with Gasteiger partial charge < -0.3 is 0 Å². The van der Waals surface area contributed by atoms with Crippen LogP contribution in [0.5, 0.6) is 0 Å². The normalized spacial score (nSPS) is 13.5. The molecule has 0 saturated heterocycles. The molecule has 162 valence electrons. The summed E-state index contributed by atoms with van der Waals surface area (Å²) in [5.41, 5.74) is 15.1. The Balaban J connectivity index is 1.40. The summed E-state index contributed by atoms with van der Waals surface area (Å²) in [6, 6.07) is 24.5. The van der Waals surface area contributed by atoms with Crippen LogP contribution < -0.4 is 0 Å². The molecule has 0 bridgehead atoms. The molecule has 4 heterocycles. The fourth-order valence-corrected chi connectivity index (χ4v) is 6.51. The number of nitrogens with zero attached hydrogens (tertiary/aromatic N) is 4. The predicted molar refractivity (Wildman–Crippen MR) is 140 cm³/mol. The second kappa shape index (κ2) is 6.10. The summed E-state index contributed by atoms with van der Waals surface area (Å²) in [6.07, 6.45) is 7.63. The molecule has 7 aromatic rings. The molecule has 0 aliphatic heterocycles. The van der Waals surface area contributed by atoms with E-state index in [-0.39, 0.29) is 0 Å². The average Bonchev–Trinajstić information content (AvgIpc) is 3.58. The van der Waals surface area contributed by atoms with Gasteiger partial charge in [-0.2, -0.15) is 0 Å². The van der Waals surface area contributed by atoms with E-state index in [0.717, 1.165) is 35.2 Å². The summed E-state index contributed by atoms with van der Waals surface area (Å²) >= 11 is 0. The quantitative estimate of drug-likeness (QED) is 0.243. The van der Waals surface area contributed by atoms with E-state index in [0.29, 0.717) is 0 Å². The summed E-state index contributed by atoms with van der Waals surface area (Å²) in [7, 11) is 0. The third-order valence-corrected chi connectivity index (χ3v) is 7.97. The van der Waals surface area contributed by atoms with Crippen molar-refractivity contribution in [1.29, 1.82) is 0 Å². The van der Waals surface area contributed by atoms with Crippen molar-refractivity contribution in [2.24, 2.45) is 0 Å². The minimum atomic E-state index is 0.767. The van der Waals surface area contributed by atoms with Gasteiger partial charge in [-0.15, -0.1) is 0 Å². The first-order valence-electron chi connectivity index (χ1n) is 12.0. The molecule has 0 radical (unpaired) electrons. The van der Waals surface area contributed by atoms with Crippen molar-refractivity contribution in [1.82, 2.24) is 19.4 Å². The first kappa shape index (κ1) is 17.8. The van der Waals surface area contributed by atoms with Crippen LogP contribution in [0.2, 0.25) is 0 Å². The van der Waals surface area contributed by atoms with Crippen LogP contribution in [0.4, 0.5) is 0 Å². The minimum absolute atomic E-state index is 0.767. The number of hydrogen-bond acceptors (Lipinski definition) is 3. The van der Waals surface area contributed by atoms with Gasteiger partial charge in [0.2, 0.25) is 0 Å². The Labute approximate surface area is 200 Å². The lowest BCUT2D eigenvalue weighted by Crippen LogP contribution is -1.93. The van der Waals surface area contributed by atoms with Crippen LogP contribution in [0.25, 0.3) is 60.7 Å². The van der Waals surface area contributed by atoms with Gasteiger partial charge in [0.15, 0.2) is 5.65 Å². The Hall–Kier alpha value is -4.57. The van der Waals surface area contributed by atoms with Crippen molar-refractivity contribution in [3.63, 3.8) is 0 Å². The first-order chi connectivity index (χ1) is 17.3. The van der Waals surface area contributed by atoms with Gasteiger partial charge in [-0.25, -0.2) is 9.97 Å². The molecule has 0 fully saturated rings. The molecule has 2 aliphatic carbocycles. The SMILES string of the molecule is c1ccc2c(c1)Cc1ccc3c(c1-2)Cc1cc2c(cc1-3)c1ccncc1n1c3cccnc3nc21. The van der Waals surface area contributed by atoms with Crippen LogP contribution in [-0.2, 0) is 12.8 Å². The monoisotopic (exact) mass is 446 g/mol. The molecule has 9 rings (SSSR count). The molecule has 0 saturated carbocycles. The Bertz CT molecular complexity index is 2070. The zero-order chi connectivity index (χ0) is 22.7. The zero-order valence-electron chi connectivity index (χ0n) is 18.8. The molecule has 0 atom stereocenters. The molecular weight excluding hydrogens is 428 g/mol. The summed E-state index contributed by atoms with van der Waals surface area (Å²) in [6.45, 7) is 0. The van der Waals surface area contributed by atoms with Gasteiger partial charge in [-0.3, -0.25) is 9.38 Å². The molecule has 0 amide bonds. The van der Waals surface area contributed by atoms with Gasteiger partial charge in [0.1, 0.15) is 5.65 Å². The van der Waals surface area contributed by atoms with Gasteiger partial charge >= 0.3 is 0 Å². The fraction of sp³-hybridized carbons (Fsp3) is 0.0645. The van der Waals surface area contributed by atoms with Gasteiger partial charge in [0.25, 0.3) is 0 Å². The van der Waals surface area contributed by atoms with Gasteiger partial charge in [0.05, 0.1) is 17.2 Å². The van der Waals surface area contributed by atoms with Gasteiger partial charge in [0, 0.05) is 23.2 Å². The number of benzene rings is 3. The van der Waals surface area contributed by atoms with Crippen LogP contribution >= 0.6 is 0 Å². The summed E-state index contributed by atoms with van der Waals surface area (Å²) in [5, 5.41) is 3.58. The highest BCUT2D eigenvalue weighted by Crippen LogP contribution is 2.49. The number of pyridine rings is 3. The Kier molecular flexibility index (Phi) is 3.11. The van der Waals surface area contributed by atoms with E-state index in [9.17, 15) is 0 Å². The highest BCUT2D eigenvalue weighted by atomic mass is 15.1. The fourth-order valence-electron chi connectivity index (χ4n) is 6.51. The highest BCUT2D eigenvalue weighted by molar-refractivity contribution is 6.15. The second-order valence-corrected chi connectivity index (χ2v) is 9.70. The predicted octanol–water partition coefficient (Wildman–Crippen LogP) is 6.73. The number of imidazole rings is 1. The zero-order valence-corrected chi connectivity index (χ0v) is 18.8. The van der Waals surface area contributed by atoms with E-state index in [1.54, 1.807) is 0 Å². The van der Waals surface area contributed by atoms with Gasteiger partial charge in [-0.05, 0) is 93.1 Å². The molecule has 35 heavy (non-hydrogen) atoms. The maximum absolute atomic E-state index is 4.98. The molecule has 0 unspecified atom stereocenters. The molecule has 0 N–H and O–H groups in total. The van der Waals surface area contributed by atoms with Crippen molar-refractivity contribution in [2.75, 3.05) is 0 Å². The molecule has 3 aromatic carbocycles. The van der Waals surface area contributed by atoms with E-state index < -0.39 is 0 Å². The van der Waals surface area contributed by atoms with Crippen LogP contribution in [0, 0.1) is 0 Å². The molecular formula is C31H18N4. The van der Waals surface area contributed by atoms with Crippen LogP contribution in [-0.4, -0.2) is 19.4 Å². The largest absolute Gasteiger partial charge is 0.288 e. The summed E-state index contributed by atoms with van der Waals surface area (Å²) in [5.74, 6) is 0. The molecule has 4 aromatic heterocycles. The number of hydrogen-bond donors (Lipinski definition) is 0. The first-order valence-corrected chi connectivity index (χ1v) is 12.0. The smallest absolute Gasteiger partial charge is 0.178 e. The lowest BCUT2D eigenvalue weighted by Gasteiger charge is -2.11. The molecule has 0 spiro atoms. The minimum Gasteiger partial charge on any atom is -0.288 e.